The summed E-state index contributed by atoms with van der Waals surface area (Å²) in [6, 6.07) is 0. The van der Waals surface area contributed by atoms with E-state index in [1.54, 1.807) is 0 Å². The first-order valence-electron chi connectivity index (χ1n) is 5.35. The Morgan fingerprint density at radius 1 is 1.25 bits per heavy atom. The molecule has 1 heteroatoms. The molecule has 0 aliphatic heterocycles. The zero-order valence-electron chi connectivity index (χ0n) is 7.98. The molecule has 3 atom stereocenters. The maximum atomic E-state index is 13.2. The largest absolute Gasteiger partial charge is 0.247 e. The number of alkyl halides is 1. The van der Waals surface area contributed by atoms with Crippen LogP contribution in [0, 0.1) is 11.3 Å². The normalized spacial score (nSPS) is 48.5. The van der Waals surface area contributed by atoms with E-state index in [-0.39, 0.29) is 0 Å². The minimum absolute atomic E-state index is 0.371. The minimum Gasteiger partial charge on any atom is -0.247 e. The molecule has 0 aromatic carbocycles. The van der Waals surface area contributed by atoms with Crippen molar-refractivity contribution in [2.45, 2.75) is 58.0 Å². The van der Waals surface area contributed by atoms with E-state index in [1.807, 2.05) is 0 Å². The second-order valence-corrected chi connectivity index (χ2v) is 4.99. The number of fused-ring (bicyclic) bond motifs is 1. The van der Waals surface area contributed by atoms with E-state index in [1.165, 1.54) is 32.1 Å². The Bertz CT molecular complexity index is 166. The molecule has 0 heterocycles. The number of rotatable bonds is 0. The van der Waals surface area contributed by atoms with Crippen molar-refractivity contribution in [3.8, 4) is 0 Å². The Balaban J connectivity index is 2.10. The van der Waals surface area contributed by atoms with Crippen LogP contribution in [0.2, 0.25) is 0 Å². The van der Waals surface area contributed by atoms with Crippen LogP contribution in [0.3, 0.4) is 0 Å². The van der Waals surface area contributed by atoms with Gasteiger partial charge in [0, 0.05) is 0 Å². The fourth-order valence-corrected chi connectivity index (χ4v) is 3.22. The van der Waals surface area contributed by atoms with Gasteiger partial charge in [-0.15, -0.1) is 0 Å². The molecule has 0 bridgehead atoms. The zero-order chi connectivity index (χ0) is 8.60. The predicted octanol–water partition coefficient (Wildman–Crippen LogP) is 3.70. The van der Waals surface area contributed by atoms with E-state index < -0.39 is 6.17 Å². The van der Waals surface area contributed by atoms with Crippen LogP contribution >= 0.6 is 0 Å². The van der Waals surface area contributed by atoms with E-state index in [2.05, 4.69) is 6.92 Å². The van der Waals surface area contributed by atoms with Gasteiger partial charge in [0.05, 0.1) is 0 Å². The molecule has 0 radical (unpaired) electrons. The SMILES string of the molecule is C[C@@]12CCCCC[C@H]1C[C@H](F)C2. The van der Waals surface area contributed by atoms with Crippen LogP contribution in [-0.2, 0) is 0 Å². The smallest absolute Gasteiger partial charge is 0.101 e. The van der Waals surface area contributed by atoms with Crippen molar-refractivity contribution in [1.29, 1.82) is 0 Å². The Labute approximate surface area is 74.5 Å². The fraction of sp³-hybridized carbons (Fsp3) is 1.00. The Kier molecular flexibility index (Phi) is 2.14. The van der Waals surface area contributed by atoms with Crippen molar-refractivity contribution in [3.63, 3.8) is 0 Å². The van der Waals surface area contributed by atoms with Gasteiger partial charge in [-0.1, -0.05) is 26.2 Å². The van der Waals surface area contributed by atoms with Crippen LogP contribution in [0.25, 0.3) is 0 Å². The van der Waals surface area contributed by atoms with Gasteiger partial charge in [-0.05, 0) is 37.0 Å². The third-order valence-electron chi connectivity index (χ3n) is 4.01. The van der Waals surface area contributed by atoms with E-state index >= 15 is 0 Å². The van der Waals surface area contributed by atoms with Crippen LogP contribution in [0.1, 0.15) is 51.9 Å². The Morgan fingerprint density at radius 3 is 2.92 bits per heavy atom. The summed E-state index contributed by atoms with van der Waals surface area (Å²) in [6.07, 6.45) is 7.83. The average molecular weight is 170 g/mol. The monoisotopic (exact) mass is 170 g/mol. The van der Waals surface area contributed by atoms with Gasteiger partial charge in [0.15, 0.2) is 0 Å². The van der Waals surface area contributed by atoms with Gasteiger partial charge >= 0.3 is 0 Å². The third-order valence-corrected chi connectivity index (χ3v) is 4.01. The topological polar surface area (TPSA) is 0 Å². The van der Waals surface area contributed by atoms with E-state index in [0.29, 0.717) is 11.3 Å². The van der Waals surface area contributed by atoms with Gasteiger partial charge in [0.1, 0.15) is 6.17 Å². The maximum Gasteiger partial charge on any atom is 0.101 e. The molecule has 2 aliphatic carbocycles. The van der Waals surface area contributed by atoms with Gasteiger partial charge in [-0.2, -0.15) is 0 Å². The lowest BCUT2D eigenvalue weighted by atomic mass is 9.76. The van der Waals surface area contributed by atoms with Gasteiger partial charge in [0.25, 0.3) is 0 Å². The van der Waals surface area contributed by atoms with Gasteiger partial charge in [-0.25, -0.2) is 4.39 Å². The van der Waals surface area contributed by atoms with E-state index in [9.17, 15) is 4.39 Å². The molecule has 2 saturated carbocycles. The molecular formula is C11H19F. The minimum atomic E-state index is -0.488. The third kappa shape index (κ3) is 1.38. The fourth-order valence-electron chi connectivity index (χ4n) is 3.22. The first-order chi connectivity index (χ1) is 5.71. The van der Waals surface area contributed by atoms with Crippen molar-refractivity contribution in [1.82, 2.24) is 0 Å². The Hall–Kier alpha value is -0.0700. The van der Waals surface area contributed by atoms with Gasteiger partial charge < -0.3 is 0 Å². The first kappa shape index (κ1) is 8.52. The molecule has 0 nitrogen and oxygen atoms in total. The second kappa shape index (κ2) is 3.01. The van der Waals surface area contributed by atoms with Crippen LogP contribution in [-0.4, -0.2) is 6.17 Å². The molecule has 70 valence electrons. The molecule has 0 N–H and O–H groups in total. The standard InChI is InChI=1S/C11H19F/c1-11-6-4-2-3-5-9(11)7-10(12)8-11/h9-10H,2-8H2,1H3/t9-,10-,11-/m0/s1. The summed E-state index contributed by atoms with van der Waals surface area (Å²) in [5.74, 6) is 0.704. The molecule has 0 saturated heterocycles. The summed E-state index contributed by atoms with van der Waals surface area (Å²) in [7, 11) is 0. The van der Waals surface area contributed by atoms with Crippen molar-refractivity contribution >= 4 is 0 Å². The van der Waals surface area contributed by atoms with Crippen LogP contribution in [0.5, 0.6) is 0 Å². The van der Waals surface area contributed by atoms with E-state index in [0.717, 1.165) is 12.8 Å². The lowest BCUT2D eigenvalue weighted by Crippen LogP contribution is -2.19. The number of hydrogen-bond acceptors (Lipinski definition) is 0. The van der Waals surface area contributed by atoms with Crippen molar-refractivity contribution in [3.05, 3.63) is 0 Å². The van der Waals surface area contributed by atoms with Crippen molar-refractivity contribution < 1.29 is 4.39 Å². The first-order valence-corrected chi connectivity index (χ1v) is 5.35. The lowest BCUT2D eigenvalue weighted by Gasteiger charge is -2.28. The highest BCUT2D eigenvalue weighted by Gasteiger charge is 2.43. The number of hydrogen-bond donors (Lipinski definition) is 0. The quantitative estimate of drug-likeness (QED) is 0.520. The average Bonchev–Trinajstić information content (AvgIpc) is 2.14. The molecule has 12 heavy (non-hydrogen) atoms. The van der Waals surface area contributed by atoms with Crippen molar-refractivity contribution in [2.75, 3.05) is 0 Å². The summed E-state index contributed by atoms with van der Waals surface area (Å²) >= 11 is 0. The highest BCUT2D eigenvalue weighted by Crippen LogP contribution is 2.51. The molecule has 0 spiro atoms. The maximum absolute atomic E-state index is 13.2. The highest BCUT2D eigenvalue weighted by molar-refractivity contribution is 4.94. The summed E-state index contributed by atoms with van der Waals surface area (Å²) in [5.41, 5.74) is 0.371. The molecule has 0 aromatic rings. The molecule has 2 aliphatic rings. The second-order valence-electron chi connectivity index (χ2n) is 4.99. The molecule has 2 rings (SSSR count). The van der Waals surface area contributed by atoms with Crippen LogP contribution in [0.4, 0.5) is 4.39 Å². The molecular weight excluding hydrogens is 151 g/mol. The molecule has 0 amide bonds. The zero-order valence-corrected chi connectivity index (χ0v) is 7.98. The summed E-state index contributed by atoms with van der Waals surface area (Å²) in [4.78, 5) is 0. The van der Waals surface area contributed by atoms with E-state index in [4.69, 9.17) is 0 Å². The van der Waals surface area contributed by atoms with Crippen molar-refractivity contribution in [2.24, 2.45) is 11.3 Å². The molecule has 0 aromatic heterocycles. The number of halogens is 1. The molecule has 2 fully saturated rings. The lowest BCUT2D eigenvalue weighted by molar-refractivity contribution is 0.207. The van der Waals surface area contributed by atoms with Gasteiger partial charge in [-0.3, -0.25) is 0 Å². The van der Waals surface area contributed by atoms with Crippen LogP contribution < -0.4 is 0 Å². The van der Waals surface area contributed by atoms with Crippen LogP contribution in [0.15, 0.2) is 0 Å². The summed E-state index contributed by atoms with van der Waals surface area (Å²) in [6.45, 7) is 2.31. The Morgan fingerprint density at radius 2 is 2.08 bits per heavy atom. The summed E-state index contributed by atoms with van der Waals surface area (Å²) in [5, 5.41) is 0. The molecule has 0 unspecified atom stereocenters. The summed E-state index contributed by atoms with van der Waals surface area (Å²) < 4.78 is 13.2. The van der Waals surface area contributed by atoms with Gasteiger partial charge in [0.2, 0.25) is 0 Å². The predicted molar refractivity (Wildman–Crippen MR) is 48.8 cm³/mol. The highest BCUT2D eigenvalue weighted by atomic mass is 19.1.